The molecule has 1 aliphatic carbocycles. The number of unbranched alkanes of at least 4 members (excludes halogenated alkanes) is 1. The first kappa shape index (κ1) is 15.2. The van der Waals surface area contributed by atoms with E-state index in [0.717, 1.165) is 25.2 Å². The number of nitrogens with zero attached hydrogens (tertiary/aromatic N) is 1. The van der Waals surface area contributed by atoms with Crippen LogP contribution in [-0.4, -0.2) is 35.8 Å². The maximum atomic E-state index is 9.27. The Balaban J connectivity index is 1.49. The van der Waals surface area contributed by atoms with E-state index in [0.29, 0.717) is 12.1 Å². The van der Waals surface area contributed by atoms with E-state index >= 15 is 0 Å². The quantitative estimate of drug-likeness (QED) is 0.660. The van der Waals surface area contributed by atoms with E-state index in [-0.39, 0.29) is 5.54 Å². The first-order valence-corrected chi connectivity index (χ1v) is 8.76. The van der Waals surface area contributed by atoms with Crippen molar-refractivity contribution in [2.24, 2.45) is 0 Å². The van der Waals surface area contributed by atoms with Gasteiger partial charge in [0.1, 0.15) is 5.54 Å². The number of hydrogen-bond donors (Lipinski definition) is 1. The fourth-order valence-corrected chi connectivity index (χ4v) is 3.61. The summed E-state index contributed by atoms with van der Waals surface area (Å²) < 4.78 is 5.61. The van der Waals surface area contributed by atoms with Crippen LogP contribution in [0.25, 0.3) is 0 Å². The van der Waals surface area contributed by atoms with Gasteiger partial charge in [0.25, 0.3) is 0 Å². The molecule has 0 bridgehead atoms. The van der Waals surface area contributed by atoms with Gasteiger partial charge in [-0.3, -0.25) is 5.32 Å². The van der Waals surface area contributed by atoms with Crippen LogP contribution in [0.2, 0.25) is 0 Å². The summed E-state index contributed by atoms with van der Waals surface area (Å²) in [4.78, 5) is 0. The molecule has 0 spiro atoms. The minimum Gasteiger partial charge on any atom is -0.377 e. The molecule has 1 saturated carbocycles. The highest BCUT2D eigenvalue weighted by Gasteiger charge is 2.31. The Bertz CT molecular complexity index is 308. The lowest BCUT2D eigenvalue weighted by Gasteiger charge is -2.23. The summed E-state index contributed by atoms with van der Waals surface area (Å²) in [6.07, 6.45) is 8.79. The summed E-state index contributed by atoms with van der Waals surface area (Å²) in [6.45, 7) is 3.00. The zero-order valence-corrected chi connectivity index (χ0v) is 12.8. The van der Waals surface area contributed by atoms with Crippen LogP contribution >= 0.6 is 11.8 Å². The lowest BCUT2D eigenvalue weighted by molar-refractivity contribution is 0.129. The summed E-state index contributed by atoms with van der Waals surface area (Å²) in [5, 5.41) is 12.7. The maximum absolute atomic E-state index is 9.27. The molecule has 0 aromatic carbocycles. The SMILES string of the molecule is CC(C#N)(CCCCSCC1CCCO1)NC1CC1. The lowest BCUT2D eigenvalue weighted by Crippen LogP contribution is -2.42. The van der Waals surface area contributed by atoms with Gasteiger partial charge in [-0.2, -0.15) is 17.0 Å². The third kappa shape index (κ3) is 5.72. The zero-order valence-electron chi connectivity index (χ0n) is 12.0. The van der Waals surface area contributed by atoms with Crippen molar-refractivity contribution in [2.45, 2.75) is 69.6 Å². The number of rotatable bonds is 9. The molecule has 0 aromatic rings. The van der Waals surface area contributed by atoms with Crippen LogP contribution in [0.15, 0.2) is 0 Å². The van der Waals surface area contributed by atoms with Gasteiger partial charge in [-0.1, -0.05) is 0 Å². The van der Waals surface area contributed by atoms with Crippen molar-refractivity contribution in [3.8, 4) is 6.07 Å². The van der Waals surface area contributed by atoms with E-state index in [1.54, 1.807) is 0 Å². The second-order valence-electron chi connectivity index (χ2n) is 6.03. The minimum absolute atomic E-state index is 0.305. The Hall–Kier alpha value is -0.240. The van der Waals surface area contributed by atoms with E-state index in [9.17, 15) is 5.26 Å². The molecule has 0 aromatic heterocycles. The largest absolute Gasteiger partial charge is 0.377 e. The molecule has 2 atom stereocenters. The standard InChI is InChI=1S/C15H26N2OS/c1-15(12-16,17-13-6-7-13)8-2-3-10-19-11-14-5-4-9-18-14/h13-14,17H,2-11H2,1H3. The Labute approximate surface area is 121 Å². The Morgan fingerprint density at radius 2 is 2.21 bits per heavy atom. The first-order chi connectivity index (χ1) is 9.22. The number of ether oxygens (including phenoxy) is 1. The van der Waals surface area contributed by atoms with Crippen molar-refractivity contribution >= 4 is 11.8 Å². The van der Waals surface area contributed by atoms with Crippen molar-refractivity contribution in [3.63, 3.8) is 0 Å². The van der Waals surface area contributed by atoms with Gasteiger partial charge in [-0.25, -0.2) is 0 Å². The average molecular weight is 282 g/mol. The van der Waals surface area contributed by atoms with Gasteiger partial charge >= 0.3 is 0 Å². The molecular formula is C15H26N2OS. The van der Waals surface area contributed by atoms with Crippen LogP contribution in [0.4, 0.5) is 0 Å². The average Bonchev–Trinajstić information content (AvgIpc) is 3.06. The van der Waals surface area contributed by atoms with Crippen LogP contribution in [0.3, 0.4) is 0 Å². The van der Waals surface area contributed by atoms with Crippen LogP contribution in [-0.2, 0) is 4.74 Å². The molecule has 2 fully saturated rings. The molecule has 4 heteroatoms. The van der Waals surface area contributed by atoms with E-state index in [1.165, 1.54) is 37.9 Å². The molecule has 2 aliphatic rings. The second-order valence-corrected chi connectivity index (χ2v) is 7.18. The highest BCUT2D eigenvalue weighted by Crippen LogP contribution is 2.25. The molecule has 1 aliphatic heterocycles. The lowest BCUT2D eigenvalue weighted by atomic mass is 9.96. The van der Waals surface area contributed by atoms with Gasteiger partial charge < -0.3 is 4.74 Å². The first-order valence-electron chi connectivity index (χ1n) is 7.60. The van der Waals surface area contributed by atoms with Gasteiger partial charge in [0, 0.05) is 18.4 Å². The molecule has 0 amide bonds. The van der Waals surface area contributed by atoms with Crippen molar-refractivity contribution < 1.29 is 4.74 Å². The third-order valence-corrected chi connectivity index (χ3v) is 5.07. The zero-order chi connectivity index (χ0) is 13.6. The van der Waals surface area contributed by atoms with Gasteiger partial charge in [0.05, 0.1) is 12.2 Å². The Kier molecular flexibility index (Phi) is 6.00. The smallest absolute Gasteiger partial charge is 0.104 e. The number of hydrogen-bond acceptors (Lipinski definition) is 4. The van der Waals surface area contributed by atoms with Crippen LogP contribution in [0, 0.1) is 11.3 Å². The fraction of sp³-hybridized carbons (Fsp3) is 0.933. The highest BCUT2D eigenvalue weighted by molar-refractivity contribution is 7.99. The monoisotopic (exact) mass is 282 g/mol. The van der Waals surface area contributed by atoms with E-state index in [1.807, 2.05) is 18.7 Å². The second kappa shape index (κ2) is 7.52. The summed E-state index contributed by atoms with van der Waals surface area (Å²) in [6, 6.07) is 3.06. The summed E-state index contributed by atoms with van der Waals surface area (Å²) in [5.41, 5.74) is -0.305. The van der Waals surface area contributed by atoms with Crippen molar-refractivity contribution in [1.82, 2.24) is 5.32 Å². The van der Waals surface area contributed by atoms with E-state index in [4.69, 9.17) is 4.74 Å². The van der Waals surface area contributed by atoms with Gasteiger partial charge in [-0.15, -0.1) is 0 Å². The van der Waals surface area contributed by atoms with Gasteiger partial charge in [0.2, 0.25) is 0 Å². The van der Waals surface area contributed by atoms with E-state index < -0.39 is 0 Å². The highest BCUT2D eigenvalue weighted by atomic mass is 32.2. The number of nitriles is 1. The molecule has 3 nitrogen and oxygen atoms in total. The molecule has 0 radical (unpaired) electrons. The summed E-state index contributed by atoms with van der Waals surface area (Å²) >= 11 is 2.01. The number of nitrogens with one attached hydrogen (secondary N) is 1. The van der Waals surface area contributed by atoms with Crippen LogP contribution < -0.4 is 5.32 Å². The van der Waals surface area contributed by atoms with Crippen molar-refractivity contribution in [2.75, 3.05) is 18.1 Å². The van der Waals surface area contributed by atoms with E-state index in [2.05, 4.69) is 11.4 Å². The molecule has 1 saturated heterocycles. The Morgan fingerprint density at radius 1 is 1.37 bits per heavy atom. The minimum atomic E-state index is -0.305. The molecule has 2 unspecified atom stereocenters. The molecule has 2 rings (SSSR count). The third-order valence-electron chi connectivity index (χ3n) is 3.89. The number of thioether (sulfide) groups is 1. The molecule has 1 N–H and O–H groups in total. The van der Waals surface area contributed by atoms with Crippen LogP contribution in [0.1, 0.15) is 51.9 Å². The topological polar surface area (TPSA) is 45.0 Å². The van der Waals surface area contributed by atoms with Crippen molar-refractivity contribution in [1.29, 1.82) is 5.26 Å². The normalized spacial score (nSPS) is 26.0. The predicted molar refractivity (Wildman–Crippen MR) is 80.3 cm³/mol. The maximum Gasteiger partial charge on any atom is 0.104 e. The summed E-state index contributed by atoms with van der Waals surface area (Å²) in [5.74, 6) is 2.35. The van der Waals surface area contributed by atoms with Crippen LogP contribution in [0.5, 0.6) is 0 Å². The van der Waals surface area contributed by atoms with Gasteiger partial charge in [-0.05, 0) is 57.6 Å². The Morgan fingerprint density at radius 3 is 2.84 bits per heavy atom. The molecular weight excluding hydrogens is 256 g/mol. The summed E-state index contributed by atoms with van der Waals surface area (Å²) in [7, 11) is 0. The van der Waals surface area contributed by atoms with Gasteiger partial charge in [0.15, 0.2) is 0 Å². The fourth-order valence-electron chi connectivity index (χ4n) is 2.51. The van der Waals surface area contributed by atoms with Crippen molar-refractivity contribution in [3.05, 3.63) is 0 Å². The molecule has 1 heterocycles. The molecule has 19 heavy (non-hydrogen) atoms. The predicted octanol–water partition coefficient (Wildman–Crippen LogP) is 3.10. The molecule has 108 valence electrons.